The Balaban J connectivity index is 2.77. The maximum Gasteiger partial charge on any atom is 0.122 e. The van der Waals surface area contributed by atoms with Gasteiger partial charge in [-0.2, -0.15) is 5.26 Å². The molecule has 2 heteroatoms. The molecular formula is C12H8N2. The summed E-state index contributed by atoms with van der Waals surface area (Å²) in [6.45, 7) is 0.441. The highest BCUT2D eigenvalue weighted by atomic mass is 15.0. The Morgan fingerprint density at radius 1 is 1.36 bits per heavy atom. The molecule has 1 heterocycles. The molecule has 0 atom stereocenters. The number of hydrogen-bond acceptors (Lipinski definition) is 1. The number of fused-ring (bicyclic) bond motifs is 1. The topological polar surface area (TPSA) is 28.7 Å². The highest BCUT2D eigenvalue weighted by molar-refractivity contribution is 5.82. The van der Waals surface area contributed by atoms with E-state index >= 15 is 0 Å². The fourth-order valence-corrected chi connectivity index (χ4v) is 1.56. The van der Waals surface area contributed by atoms with Crippen LogP contribution in [-0.4, -0.2) is 4.57 Å². The van der Waals surface area contributed by atoms with Crippen LogP contribution in [0.5, 0.6) is 0 Å². The minimum atomic E-state index is 0.441. The van der Waals surface area contributed by atoms with E-state index in [9.17, 15) is 0 Å². The Kier molecular flexibility index (Phi) is 1.97. The molecule has 1 aromatic carbocycles. The van der Waals surface area contributed by atoms with Gasteiger partial charge in [-0.25, -0.2) is 0 Å². The zero-order chi connectivity index (χ0) is 9.97. The second kappa shape index (κ2) is 3.28. The van der Waals surface area contributed by atoms with Gasteiger partial charge in [0.25, 0.3) is 0 Å². The summed E-state index contributed by atoms with van der Waals surface area (Å²) in [5.74, 6) is 2.55. The van der Waals surface area contributed by atoms with Gasteiger partial charge < -0.3 is 4.57 Å². The fraction of sp³-hybridized carbons (Fsp3) is 0.0833. The second-order valence-electron chi connectivity index (χ2n) is 2.99. The quantitative estimate of drug-likeness (QED) is 0.618. The maximum atomic E-state index is 8.91. The normalized spacial score (nSPS) is 9.57. The van der Waals surface area contributed by atoms with Gasteiger partial charge >= 0.3 is 0 Å². The second-order valence-corrected chi connectivity index (χ2v) is 2.99. The largest absolute Gasteiger partial charge is 0.321 e. The average molecular weight is 180 g/mol. The number of nitriles is 1. The van der Waals surface area contributed by atoms with Gasteiger partial charge in [0.1, 0.15) is 11.8 Å². The van der Waals surface area contributed by atoms with Crippen molar-refractivity contribution in [2.75, 3.05) is 0 Å². The third-order valence-corrected chi connectivity index (χ3v) is 2.17. The molecule has 66 valence electrons. The lowest BCUT2D eigenvalue weighted by atomic mass is 10.2. The van der Waals surface area contributed by atoms with Crippen LogP contribution >= 0.6 is 0 Å². The molecule has 0 fully saturated rings. The zero-order valence-corrected chi connectivity index (χ0v) is 7.57. The van der Waals surface area contributed by atoms with Crippen molar-refractivity contribution in [2.45, 2.75) is 6.54 Å². The number of hydrogen-bond donors (Lipinski definition) is 0. The maximum absolute atomic E-state index is 8.91. The van der Waals surface area contributed by atoms with Crippen LogP contribution in [0.2, 0.25) is 0 Å². The molecule has 2 aromatic rings. The van der Waals surface area contributed by atoms with Gasteiger partial charge in [0.15, 0.2) is 0 Å². The summed E-state index contributed by atoms with van der Waals surface area (Å²) in [5.41, 5.74) is 1.63. The molecule has 0 saturated carbocycles. The van der Waals surface area contributed by atoms with Crippen LogP contribution in [0.25, 0.3) is 10.9 Å². The number of benzene rings is 1. The lowest BCUT2D eigenvalue weighted by Crippen LogP contribution is -1.97. The van der Waals surface area contributed by atoms with Crippen LogP contribution < -0.4 is 0 Å². The van der Waals surface area contributed by atoms with E-state index in [0.717, 1.165) is 10.9 Å². The Hall–Kier alpha value is -2.19. The van der Waals surface area contributed by atoms with Gasteiger partial charge in [0.2, 0.25) is 0 Å². The van der Waals surface area contributed by atoms with Gasteiger partial charge in [-0.1, -0.05) is 24.1 Å². The molecule has 2 nitrogen and oxygen atoms in total. The molecule has 2 rings (SSSR count). The first kappa shape index (κ1) is 8.41. The Morgan fingerprint density at radius 3 is 2.86 bits per heavy atom. The highest BCUT2D eigenvalue weighted by Crippen LogP contribution is 2.18. The number of nitrogens with zero attached hydrogens (tertiary/aromatic N) is 2. The zero-order valence-electron chi connectivity index (χ0n) is 7.57. The molecule has 1 aromatic heterocycles. The predicted octanol–water partition coefficient (Wildman–Crippen LogP) is 2.15. The van der Waals surface area contributed by atoms with E-state index in [0.29, 0.717) is 12.2 Å². The summed E-state index contributed by atoms with van der Waals surface area (Å²) in [6.07, 6.45) is 5.25. The third kappa shape index (κ3) is 1.14. The summed E-state index contributed by atoms with van der Waals surface area (Å²) in [7, 11) is 0. The smallest absolute Gasteiger partial charge is 0.122 e. The number of para-hydroxylation sites is 1. The summed E-state index contributed by atoms with van der Waals surface area (Å²) in [6, 6.07) is 11.8. The summed E-state index contributed by atoms with van der Waals surface area (Å²) in [5, 5.41) is 9.96. The third-order valence-electron chi connectivity index (χ3n) is 2.17. The summed E-state index contributed by atoms with van der Waals surface area (Å²) >= 11 is 0. The molecule has 0 aliphatic heterocycles. The molecule has 0 spiro atoms. The first-order valence-electron chi connectivity index (χ1n) is 4.28. The lowest BCUT2D eigenvalue weighted by molar-refractivity contribution is 0.870. The van der Waals surface area contributed by atoms with E-state index in [1.165, 1.54) is 0 Å². The van der Waals surface area contributed by atoms with E-state index < -0.39 is 0 Å². The molecule has 0 bridgehead atoms. The molecule has 0 amide bonds. The molecule has 14 heavy (non-hydrogen) atoms. The molecule has 0 unspecified atom stereocenters. The van der Waals surface area contributed by atoms with E-state index in [2.05, 4.69) is 12.0 Å². The first-order valence-corrected chi connectivity index (χ1v) is 4.28. The summed E-state index contributed by atoms with van der Waals surface area (Å²) in [4.78, 5) is 0. The molecule has 0 aliphatic rings. The highest BCUT2D eigenvalue weighted by Gasteiger charge is 2.05. The van der Waals surface area contributed by atoms with Crippen molar-refractivity contribution in [1.82, 2.24) is 4.57 Å². The van der Waals surface area contributed by atoms with E-state index in [1.807, 2.05) is 34.9 Å². The number of terminal acetylenes is 1. The minimum absolute atomic E-state index is 0.441. The van der Waals surface area contributed by atoms with Crippen LogP contribution in [0.15, 0.2) is 30.3 Å². The van der Waals surface area contributed by atoms with E-state index in [1.54, 1.807) is 0 Å². The minimum Gasteiger partial charge on any atom is -0.321 e. The van der Waals surface area contributed by atoms with Crippen LogP contribution in [-0.2, 0) is 6.54 Å². The van der Waals surface area contributed by atoms with Gasteiger partial charge in [-0.05, 0) is 12.1 Å². The Morgan fingerprint density at radius 2 is 2.14 bits per heavy atom. The van der Waals surface area contributed by atoms with Gasteiger partial charge in [0, 0.05) is 10.9 Å². The Bertz CT molecular complexity index is 550. The Labute approximate surface area is 82.4 Å². The lowest BCUT2D eigenvalue weighted by Gasteiger charge is -2.00. The predicted molar refractivity (Wildman–Crippen MR) is 55.5 cm³/mol. The van der Waals surface area contributed by atoms with Crippen molar-refractivity contribution in [2.24, 2.45) is 0 Å². The summed E-state index contributed by atoms with van der Waals surface area (Å²) < 4.78 is 1.84. The van der Waals surface area contributed by atoms with E-state index in [-0.39, 0.29) is 0 Å². The molecule has 0 radical (unpaired) electrons. The fourth-order valence-electron chi connectivity index (χ4n) is 1.56. The van der Waals surface area contributed by atoms with Gasteiger partial charge in [-0.3, -0.25) is 0 Å². The van der Waals surface area contributed by atoms with Crippen LogP contribution in [0.4, 0.5) is 0 Å². The van der Waals surface area contributed by atoms with Crippen molar-refractivity contribution < 1.29 is 0 Å². The van der Waals surface area contributed by atoms with E-state index in [4.69, 9.17) is 11.7 Å². The van der Waals surface area contributed by atoms with Crippen molar-refractivity contribution in [3.8, 4) is 18.4 Å². The van der Waals surface area contributed by atoms with Gasteiger partial charge in [0.05, 0.1) is 6.54 Å². The molecular weight excluding hydrogens is 172 g/mol. The van der Waals surface area contributed by atoms with Crippen molar-refractivity contribution in [3.05, 3.63) is 36.0 Å². The average Bonchev–Trinajstić information content (AvgIpc) is 2.58. The monoisotopic (exact) mass is 180 g/mol. The van der Waals surface area contributed by atoms with Crippen LogP contribution in [0.1, 0.15) is 5.69 Å². The van der Waals surface area contributed by atoms with Crippen molar-refractivity contribution in [3.63, 3.8) is 0 Å². The standard InChI is InChI=1S/C12H8N2/c1-2-7-14-11(9-13)8-10-5-3-4-6-12(10)14/h1,3-6,8H,7H2. The molecule has 0 N–H and O–H groups in total. The SMILES string of the molecule is C#CCn1c(C#N)cc2ccccc21. The molecule has 0 saturated heterocycles. The van der Waals surface area contributed by atoms with Crippen LogP contribution in [0, 0.1) is 23.7 Å². The van der Waals surface area contributed by atoms with Gasteiger partial charge in [-0.15, -0.1) is 6.42 Å². The molecule has 0 aliphatic carbocycles. The van der Waals surface area contributed by atoms with Crippen molar-refractivity contribution >= 4 is 10.9 Å². The number of aromatic nitrogens is 1. The first-order chi connectivity index (χ1) is 6.86. The number of rotatable bonds is 1. The van der Waals surface area contributed by atoms with Crippen molar-refractivity contribution in [1.29, 1.82) is 5.26 Å². The van der Waals surface area contributed by atoms with Crippen LogP contribution in [0.3, 0.4) is 0 Å².